The lowest BCUT2D eigenvalue weighted by Gasteiger charge is -2.32. The summed E-state index contributed by atoms with van der Waals surface area (Å²) in [7, 11) is 3.71. The van der Waals surface area contributed by atoms with Crippen LogP contribution >= 0.6 is 0 Å². The fourth-order valence-corrected chi connectivity index (χ4v) is 2.59. The third-order valence-corrected chi connectivity index (χ3v) is 3.75. The smallest absolute Gasteiger partial charge is 0.0700 e. The Morgan fingerprint density at radius 1 is 1.35 bits per heavy atom. The first kappa shape index (κ1) is 14.9. The fourth-order valence-electron chi connectivity index (χ4n) is 2.59. The van der Waals surface area contributed by atoms with Gasteiger partial charge in [0, 0.05) is 32.3 Å². The maximum absolute atomic E-state index is 5.72. The first-order valence-corrected chi connectivity index (χ1v) is 6.58. The highest BCUT2D eigenvalue weighted by atomic mass is 16.5. The van der Waals surface area contributed by atoms with E-state index in [0.717, 1.165) is 32.6 Å². The van der Waals surface area contributed by atoms with Crippen molar-refractivity contribution in [1.29, 1.82) is 0 Å². The number of hydrogen-bond donors (Lipinski definition) is 1. The van der Waals surface area contributed by atoms with Crippen LogP contribution in [0.15, 0.2) is 0 Å². The van der Waals surface area contributed by atoms with Crippen molar-refractivity contribution in [3.8, 4) is 0 Å². The van der Waals surface area contributed by atoms with Crippen LogP contribution in [0, 0.1) is 5.41 Å². The Balaban J connectivity index is 2.21. The zero-order valence-corrected chi connectivity index (χ0v) is 11.5. The Hall–Kier alpha value is -0.160. The molecule has 0 spiro atoms. The van der Waals surface area contributed by atoms with Crippen molar-refractivity contribution in [2.24, 2.45) is 5.41 Å². The van der Waals surface area contributed by atoms with E-state index in [-0.39, 0.29) is 0 Å². The molecule has 0 aliphatic carbocycles. The summed E-state index contributed by atoms with van der Waals surface area (Å²) in [4.78, 5) is 0. The molecule has 1 saturated heterocycles. The molecule has 0 radical (unpaired) electrons. The Labute approximate surface area is 105 Å². The average Bonchev–Trinajstić information content (AvgIpc) is 2.66. The zero-order chi connectivity index (χ0) is 12.6. The molecule has 4 nitrogen and oxygen atoms in total. The van der Waals surface area contributed by atoms with Crippen molar-refractivity contribution < 1.29 is 14.2 Å². The lowest BCUT2D eigenvalue weighted by Crippen LogP contribution is -2.38. The van der Waals surface area contributed by atoms with Crippen LogP contribution in [0.25, 0.3) is 0 Å². The van der Waals surface area contributed by atoms with Gasteiger partial charge in [0.2, 0.25) is 0 Å². The second kappa shape index (κ2) is 8.03. The molecule has 2 atom stereocenters. The highest BCUT2D eigenvalue weighted by Gasteiger charge is 2.40. The van der Waals surface area contributed by atoms with E-state index in [2.05, 4.69) is 12.2 Å². The molecule has 0 aromatic carbocycles. The second-order valence-corrected chi connectivity index (χ2v) is 4.86. The molecule has 0 aromatic rings. The minimum atomic E-state index is 0.305. The van der Waals surface area contributed by atoms with Crippen molar-refractivity contribution in [3.05, 3.63) is 0 Å². The summed E-state index contributed by atoms with van der Waals surface area (Å²) in [6.07, 6.45) is 3.78. The van der Waals surface area contributed by atoms with Gasteiger partial charge in [-0.2, -0.15) is 0 Å². The van der Waals surface area contributed by atoms with Gasteiger partial charge in [-0.15, -0.1) is 0 Å². The minimum Gasteiger partial charge on any atom is -0.382 e. The molecule has 0 saturated carbocycles. The summed E-state index contributed by atoms with van der Waals surface area (Å²) in [5, 5.41) is 3.30. The summed E-state index contributed by atoms with van der Waals surface area (Å²) in [5.41, 5.74) is 0.305. The Kier molecular flexibility index (Phi) is 7.04. The normalized spacial score (nSPS) is 28.8. The fraction of sp³-hybridized carbons (Fsp3) is 1.00. The molecule has 1 N–H and O–H groups in total. The molecule has 4 heteroatoms. The molecule has 102 valence electrons. The van der Waals surface area contributed by atoms with Crippen LogP contribution in [0.3, 0.4) is 0 Å². The van der Waals surface area contributed by atoms with E-state index >= 15 is 0 Å². The van der Waals surface area contributed by atoms with Gasteiger partial charge in [0.15, 0.2) is 0 Å². The van der Waals surface area contributed by atoms with E-state index in [1.165, 1.54) is 6.42 Å². The third-order valence-electron chi connectivity index (χ3n) is 3.75. The monoisotopic (exact) mass is 245 g/mol. The molecule has 0 aromatic heterocycles. The second-order valence-electron chi connectivity index (χ2n) is 4.86. The SMILES string of the molecule is CNCC1(CCCOCCOC)CCOC1C. The highest BCUT2D eigenvalue weighted by Crippen LogP contribution is 2.38. The van der Waals surface area contributed by atoms with Crippen LogP contribution < -0.4 is 5.32 Å². The lowest BCUT2D eigenvalue weighted by atomic mass is 9.77. The Morgan fingerprint density at radius 2 is 2.18 bits per heavy atom. The highest BCUT2D eigenvalue weighted by molar-refractivity contribution is 4.90. The molecule has 0 bridgehead atoms. The molecular weight excluding hydrogens is 218 g/mol. The van der Waals surface area contributed by atoms with Gasteiger partial charge in [-0.3, -0.25) is 0 Å². The van der Waals surface area contributed by atoms with Crippen LogP contribution in [0.2, 0.25) is 0 Å². The van der Waals surface area contributed by atoms with Gasteiger partial charge < -0.3 is 19.5 Å². The van der Waals surface area contributed by atoms with Crippen molar-refractivity contribution in [1.82, 2.24) is 5.32 Å². The van der Waals surface area contributed by atoms with Crippen LogP contribution in [0.5, 0.6) is 0 Å². The van der Waals surface area contributed by atoms with Crippen molar-refractivity contribution >= 4 is 0 Å². The summed E-state index contributed by atoms with van der Waals surface area (Å²) in [6, 6.07) is 0. The van der Waals surface area contributed by atoms with E-state index in [9.17, 15) is 0 Å². The van der Waals surface area contributed by atoms with E-state index in [0.29, 0.717) is 24.7 Å². The number of hydrogen-bond acceptors (Lipinski definition) is 4. The van der Waals surface area contributed by atoms with E-state index < -0.39 is 0 Å². The number of ether oxygens (including phenoxy) is 3. The van der Waals surface area contributed by atoms with Crippen molar-refractivity contribution in [2.45, 2.75) is 32.3 Å². The average molecular weight is 245 g/mol. The van der Waals surface area contributed by atoms with Gasteiger partial charge in [-0.25, -0.2) is 0 Å². The largest absolute Gasteiger partial charge is 0.382 e. The maximum atomic E-state index is 5.72. The first-order chi connectivity index (χ1) is 8.25. The first-order valence-electron chi connectivity index (χ1n) is 6.58. The predicted molar refractivity (Wildman–Crippen MR) is 68.3 cm³/mol. The van der Waals surface area contributed by atoms with Crippen LogP contribution in [-0.4, -0.2) is 53.2 Å². The van der Waals surface area contributed by atoms with Gasteiger partial charge in [0.25, 0.3) is 0 Å². The van der Waals surface area contributed by atoms with Gasteiger partial charge in [-0.1, -0.05) is 0 Å². The summed E-state index contributed by atoms with van der Waals surface area (Å²) in [5.74, 6) is 0. The maximum Gasteiger partial charge on any atom is 0.0700 e. The Bertz CT molecular complexity index is 201. The topological polar surface area (TPSA) is 39.7 Å². The molecule has 0 amide bonds. The number of nitrogens with one attached hydrogen (secondary N) is 1. The lowest BCUT2D eigenvalue weighted by molar-refractivity contribution is 0.0412. The standard InChI is InChI=1S/C13H27NO3/c1-12-13(11-14-2,6-8-17-12)5-4-7-16-10-9-15-3/h12,14H,4-11H2,1-3H3. The third kappa shape index (κ3) is 4.54. The van der Waals surface area contributed by atoms with Crippen molar-refractivity contribution in [2.75, 3.05) is 47.1 Å². The molecule has 1 rings (SSSR count). The minimum absolute atomic E-state index is 0.305. The molecular formula is C13H27NO3. The Morgan fingerprint density at radius 3 is 2.76 bits per heavy atom. The number of methoxy groups -OCH3 is 1. The van der Waals surface area contributed by atoms with Gasteiger partial charge in [-0.05, 0) is 33.2 Å². The molecule has 1 aliphatic rings. The zero-order valence-electron chi connectivity index (χ0n) is 11.5. The van der Waals surface area contributed by atoms with E-state index in [4.69, 9.17) is 14.2 Å². The van der Waals surface area contributed by atoms with Gasteiger partial charge in [0.1, 0.15) is 0 Å². The quantitative estimate of drug-likeness (QED) is 0.624. The number of rotatable bonds is 9. The molecule has 1 aliphatic heterocycles. The van der Waals surface area contributed by atoms with Crippen molar-refractivity contribution in [3.63, 3.8) is 0 Å². The molecule has 1 heterocycles. The van der Waals surface area contributed by atoms with E-state index in [1.54, 1.807) is 7.11 Å². The van der Waals surface area contributed by atoms with Crippen LogP contribution in [0.1, 0.15) is 26.2 Å². The van der Waals surface area contributed by atoms with E-state index in [1.807, 2.05) is 7.05 Å². The van der Waals surface area contributed by atoms with Gasteiger partial charge >= 0.3 is 0 Å². The molecule has 1 fully saturated rings. The van der Waals surface area contributed by atoms with Crippen LogP contribution in [-0.2, 0) is 14.2 Å². The summed E-state index contributed by atoms with van der Waals surface area (Å²) < 4.78 is 16.2. The summed E-state index contributed by atoms with van der Waals surface area (Å²) in [6.45, 7) is 6.32. The predicted octanol–water partition coefficient (Wildman–Crippen LogP) is 1.44. The molecule has 17 heavy (non-hydrogen) atoms. The van der Waals surface area contributed by atoms with Gasteiger partial charge in [0.05, 0.1) is 19.3 Å². The molecule has 2 unspecified atom stereocenters. The summed E-state index contributed by atoms with van der Waals surface area (Å²) >= 11 is 0. The van der Waals surface area contributed by atoms with Crippen LogP contribution in [0.4, 0.5) is 0 Å².